The van der Waals surface area contributed by atoms with Gasteiger partial charge in [0.1, 0.15) is 0 Å². The minimum Gasteiger partial charge on any atom is -0.256 e. The Morgan fingerprint density at radius 1 is 1.31 bits per heavy atom. The number of hydrogen-bond donors (Lipinski definition) is 0. The first-order valence-electron chi connectivity index (χ1n) is 4.22. The molecular formula is C11H10ClN. The van der Waals surface area contributed by atoms with E-state index in [1.165, 1.54) is 5.56 Å². The summed E-state index contributed by atoms with van der Waals surface area (Å²) < 4.78 is 0. The van der Waals surface area contributed by atoms with Gasteiger partial charge in [-0.15, -0.1) is 11.6 Å². The molecule has 0 fully saturated rings. The molecule has 0 aliphatic rings. The lowest BCUT2D eigenvalue weighted by Crippen LogP contribution is -1.89. The maximum absolute atomic E-state index is 5.88. The van der Waals surface area contributed by atoms with Crippen molar-refractivity contribution in [3.63, 3.8) is 0 Å². The van der Waals surface area contributed by atoms with Gasteiger partial charge in [-0.2, -0.15) is 0 Å². The second-order valence-corrected chi connectivity index (χ2v) is 3.34. The predicted molar refractivity (Wildman–Crippen MR) is 56.0 cm³/mol. The van der Waals surface area contributed by atoms with E-state index in [-0.39, 0.29) is 0 Å². The number of pyridine rings is 1. The van der Waals surface area contributed by atoms with Crippen LogP contribution in [0.1, 0.15) is 11.1 Å². The van der Waals surface area contributed by atoms with E-state index in [2.05, 4.69) is 11.1 Å². The summed E-state index contributed by atoms with van der Waals surface area (Å²) in [5.74, 6) is 0.550. The van der Waals surface area contributed by atoms with Crippen LogP contribution in [0.3, 0.4) is 0 Å². The molecule has 0 atom stereocenters. The molecule has 0 radical (unpaired) electrons. The number of nitrogens with zero attached hydrogens (tertiary/aromatic N) is 1. The minimum absolute atomic E-state index is 0.550. The minimum atomic E-state index is 0.550. The summed E-state index contributed by atoms with van der Waals surface area (Å²) in [7, 11) is 0. The van der Waals surface area contributed by atoms with Crippen LogP contribution in [0.15, 0.2) is 30.5 Å². The summed E-state index contributed by atoms with van der Waals surface area (Å²) in [5, 5.41) is 1.16. The number of alkyl halides is 1. The molecule has 0 aliphatic carbocycles. The fourth-order valence-corrected chi connectivity index (χ4v) is 1.83. The summed E-state index contributed by atoms with van der Waals surface area (Å²) in [6.45, 7) is 2.04. The van der Waals surface area contributed by atoms with Crippen LogP contribution >= 0.6 is 11.6 Å². The fourth-order valence-electron chi connectivity index (χ4n) is 1.48. The quantitative estimate of drug-likeness (QED) is 0.631. The molecule has 1 nitrogen and oxygen atoms in total. The van der Waals surface area contributed by atoms with Crippen molar-refractivity contribution in [2.45, 2.75) is 12.8 Å². The van der Waals surface area contributed by atoms with Gasteiger partial charge in [0.15, 0.2) is 0 Å². The fraction of sp³-hybridized carbons (Fsp3) is 0.182. The number of hydrogen-bond acceptors (Lipinski definition) is 1. The molecule has 0 N–H and O–H groups in total. The van der Waals surface area contributed by atoms with Crippen LogP contribution in [0.4, 0.5) is 0 Å². The average molecular weight is 192 g/mol. The molecule has 66 valence electrons. The SMILES string of the molecule is Cc1cnc2ccccc2c1CCl. The molecule has 1 aromatic heterocycles. The number of aromatic nitrogens is 1. The van der Waals surface area contributed by atoms with E-state index in [1.807, 2.05) is 31.3 Å². The Hall–Kier alpha value is -1.08. The molecule has 1 heterocycles. The summed E-state index contributed by atoms with van der Waals surface area (Å²) in [6, 6.07) is 8.07. The van der Waals surface area contributed by atoms with Crippen molar-refractivity contribution in [2.75, 3.05) is 0 Å². The molecule has 13 heavy (non-hydrogen) atoms. The molecule has 2 heteroatoms. The largest absolute Gasteiger partial charge is 0.256 e. The van der Waals surface area contributed by atoms with E-state index in [0.717, 1.165) is 16.5 Å². The third-order valence-corrected chi connectivity index (χ3v) is 2.50. The molecule has 0 saturated heterocycles. The maximum Gasteiger partial charge on any atom is 0.0705 e. The third-order valence-electron chi connectivity index (χ3n) is 2.24. The Balaban J connectivity index is 2.84. The van der Waals surface area contributed by atoms with Crippen molar-refractivity contribution in [1.82, 2.24) is 4.98 Å². The highest BCUT2D eigenvalue weighted by Gasteiger charge is 2.02. The monoisotopic (exact) mass is 191 g/mol. The molecule has 2 aromatic rings. The Morgan fingerprint density at radius 3 is 2.85 bits per heavy atom. The average Bonchev–Trinajstić information content (AvgIpc) is 2.18. The van der Waals surface area contributed by atoms with Crippen molar-refractivity contribution < 1.29 is 0 Å². The van der Waals surface area contributed by atoms with E-state index in [9.17, 15) is 0 Å². The summed E-state index contributed by atoms with van der Waals surface area (Å²) in [6.07, 6.45) is 1.88. The van der Waals surface area contributed by atoms with Gasteiger partial charge >= 0.3 is 0 Å². The van der Waals surface area contributed by atoms with Crippen LogP contribution in [0, 0.1) is 6.92 Å². The zero-order valence-electron chi connectivity index (χ0n) is 7.42. The molecular weight excluding hydrogens is 182 g/mol. The van der Waals surface area contributed by atoms with Crippen LogP contribution in [-0.2, 0) is 5.88 Å². The van der Waals surface area contributed by atoms with Gasteiger partial charge < -0.3 is 0 Å². The molecule has 2 rings (SSSR count). The van der Waals surface area contributed by atoms with Crippen LogP contribution in [0.25, 0.3) is 10.9 Å². The Labute approximate surface area is 82.4 Å². The zero-order chi connectivity index (χ0) is 9.26. The number of benzene rings is 1. The first-order chi connectivity index (χ1) is 6.33. The van der Waals surface area contributed by atoms with E-state index in [1.54, 1.807) is 0 Å². The molecule has 0 aliphatic heterocycles. The van der Waals surface area contributed by atoms with Crippen LogP contribution in [-0.4, -0.2) is 4.98 Å². The van der Waals surface area contributed by atoms with Gasteiger partial charge in [0, 0.05) is 17.5 Å². The lowest BCUT2D eigenvalue weighted by Gasteiger charge is -2.05. The number of fused-ring (bicyclic) bond motifs is 1. The van der Waals surface area contributed by atoms with Gasteiger partial charge in [0.2, 0.25) is 0 Å². The molecule has 0 saturated carbocycles. The number of rotatable bonds is 1. The van der Waals surface area contributed by atoms with E-state index in [0.29, 0.717) is 5.88 Å². The molecule has 0 bridgehead atoms. The molecule has 0 unspecified atom stereocenters. The highest BCUT2D eigenvalue weighted by molar-refractivity contribution is 6.18. The summed E-state index contributed by atoms with van der Waals surface area (Å²) >= 11 is 5.88. The molecule has 0 amide bonds. The van der Waals surface area contributed by atoms with Crippen LogP contribution < -0.4 is 0 Å². The number of aryl methyl sites for hydroxylation is 1. The predicted octanol–water partition coefficient (Wildman–Crippen LogP) is 3.28. The number of halogens is 1. The van der Waals surface area contributed by atoms with Gasteiger partial charge in [0.05, 0.1) is 5.52 Å². The van der Waals surface area contributed by atoms with Crippen molar-refractivity contribution >= 4 is 22.5 Å². The van der Waals surface area contributed by atoms with Gasteiger partial charge in [-0.3, -0.25) is 4.98 Å². The van der Waals surface area contributed by atoms with Crippen molar-refractivity contribution in [3.8, 4) is 0 Å². The van der Waals surface area contributed by atoms with E-state index >= 15 is 0 Å². The lowest BCUT2D eigenvalue weighted by molar-refractivity contribution is 1.26. The summed E-state index contributed by atoms with van der Waals surface area (Å²) in [5.41, 5.74) is 3.37. The summed E-state index contributed by atoms with van der Waals surface area (Å²) in [4.78, 5) is 4.33. The van der Waals surface area contributed by atoms with E-state index < -0.39 is 0 Å². The number of para-hydroxylation sites is 1. The van der Waals surface area contributed by atoms with Crippen LogP contribution in [0.2, 0.25) is 0 Å². The zero-order valence-corrected chi connectivity index (χ0v) is 8.17. The van der Waals surface area contributed by atoms with Gasteiger partial charge in [-0.05, 0) is 24.1 Å². The smallest absolute Gasteiger partial charge is 0.0705 e. The second-order valence-electron chi connectivity index (χ2n) is 3.07. The topological polar surface area (TPSA) is 12.9 Å². The van der Waals surface area contributed by atoms with Crippen LogP contribution in [0.5, 0.6) is 0 Å². The van der Waals surface area contributed by atoms with E-state index in [4.69, 9.17) is 11.6 Å². The Bertz CT molecular complexity index is 437. The van der Waals surface area contributed by atoms with Gasteiger partial charge in [0.25, 0.3) is 0 Å². The second kappa shape index (κ2) is 3.35. The lowest BCUT2D eigenvalue weighted by atomic mass is 10.1. The Morgan fingerprint density at radius 2 is 2.08 bits per heavy atom. The first kappa shape index (κ1) is 8.52. The highest BCUT2D eigenvalue weighted by atomic mass is 35.5. The molecule has 1 aromatic carbocycles. The maximum atomic E-state index is 5.88. The first-order valence-corrected chi connectivity index (χ1v) is 4.75. The van der Waals surface area contributed by atoms with Crippen molar-refractivity contribution in [3.05, 3.63) is 41.6 Å². The van der Waals surface area contributed by atoms with Crippen molar-refractivity contribution in [1.29, 1.82) is 0 Å². The van der Waals surface area contributed by atoms with Crippen molar-refractivity contribution in [2.24, 2.45) is 0 Å². The third kappa shape index (κ3) is 1.40. The standard InChI is InChI=1S/C11H10ClN/c1-8-7-13-11-5-3-2-4-9(11)10(8)6-12/h2-5,7H,6H2,1H3. The molecule has 0 spiro atoms. The highest BCUT2D eigenvalue weighted by Crippen LogP contribution is 2.21. The van der Waals surface area contributed by atoms with Gasteiger partial charge in [-0.1, -0.05) is 18.2 Å². The van der Waals surface area contributed by atoms with Gasteiger partial charge in [-0.25, -0.2) is 0 Å². The Kier molecular flexibility index (Phi) is 2.19. The normalized spacial score (nSPS) is 10.6.